The molecule has 2 amide bonds. The number of carbonyl (C=O) groups is 4. The Morgan fingerprint density at radius 1 is 1.02 bits per heavy atom. The van der Waals surface area contributed by atoms with Gasteiger partial charge in [0.05, 0.1) is 17.6 Å². The lowest BCUT2D eigenvalue weighted by Crippen LogP contribution is -2.43. The molecule has 1 atom stereocenters. The van der Waals surface area contributed by atoms with Crippen molar-refractivity contribution >= 4 is 51.9 Å². The molecule has 0 bridgehead atoms. The summed E-state index contributed by atoms with van der Waals surface area (Å²) in [5, 5.41) is 3.54. The number of aryl methyl sites for hydroxylation is 1. The summed E-state index contributed by atoms with van der Waals surface area (Å²) >= 11 is 5.99. The highest BCUT2D eigenvalue weighted by Gasteiger charge is 2.25. The van der Waals surface area contributed by atoms with E-state index >= 15 is 0 Å². The Morgan fingerprint density at radius 3 is 2.52 bits per heavy atom. The standard InChI is InChI=1S/C29H31ClF2N4O6/c1-35(2)15-27(39)41-17-23(37)13-22(36(3)26(38)10-8-18-5-4-6-24(32)28(18)30)16-42-29(40)34-25-12-20-11-21(31)9-7-19(20)14-33-25/h4-7,9,11-12,14,22H,8,10,13,15-17H2,1-3H3,(H,33,34,40)/t22-/m0/s1. The van der Waals surface area contributed by atoms with Gasteiger partial charge in [0, 0.05) is 31.5 Å². The molecule has 10 nitrogen and oxygen atoms in total. The number of hydrogen-bond donors (Lipinski definition) is 1. The molecule has 0 fully saturated rings. The maximum absolute atomic E-state index is 13.8. The number of nitrogens with one attached hydrogen (secondary N) is 1. The van der Waals surface area contributed by atoms with E-state index in [0.717, 1.165) is 0 Å². The van der Waals surface area contributed by atoms with Crippen molar-refractivity contribution < 1.29 is 37.4 Å². The number of halogens is 3. The van der Waals surface area contributed by atoms with Gasteiger partial charge in [0.25, 0.3) is 0 Å². The topological polar surface area (TPSA) is 118 Å². The second kappa shape index (κ2) is 15.2. The van der Waals surface area contributed by atoms with Crippen molar-refractivity contribution in [3.05, 3.63) is 70.9 Å². The van der Waals surface area contributed by atoms with Crippen molar-refractivity contribution in [3.63, 3.8) is 0 Å². The van der Waals surface area contributed by atoms with Crippen molar-refractivity contribution in [3.8, 4) is 0 Å². The third kappa shape index (κ3) is 9.74. The van der Waals surface area contributed by atoms with Crippen molar-refractivity contribution in [2.75, 3.05) is 46.2 Å². The van der Waals surface area contributed by atoms with Gasteiger partial charge in [-0.05, 0) is 61.8 Å². The number of rotatable bonds is 13. The van der Waals surface area contributed by atoms with Crippen molar-refractivity contribution in [2.24, 2.45) is 0 Å². The highest BCUT2D eigenvalue weighted by atomic mass is 35.5. The van der Waals surface area contributed by atoms with Crippen LogP contribution >= 0.6 is 11.6 Å². The van der Waals surface area contributed by atoms with Gasteiger partial charge in [0.15, 0.2) is 5.78 Å². The molecule has 0 saturated carbocycles. The first kappa shape index (κ1) is 32.4. The Kier molecular flexibility index (Phi) is 11.7. The number of hydrogen-bond acceptors (Lipinski definition) is 8. The quantitative estimate of drug-likeness (QED) is 0.288. The van der Waals surface area contributed by atoms with Gasteiger partial charge in [-0.3, -0.25) is 24.6 Å². The van der Waals surface area contributed by atoms with Crippen LogP contribution in [0, 0.1) is 11.6 Å². The van der Waals surface area contributed by atoms with E-state index in [1.165, 1.54) is 48.5 Å². The molecule has 3 aromatic rings. The summed E-state index contributed by atoms with van der Waals surface area (Å²) in [6.07, 6.45) is 0.338. The molecule has 13 heteroatoms. The Balaban J connectivity index is 1.65. The van der Waals surface area contributed by atoms with E-state index in [2.05, 4.69) is 10.3 Å². The van der Waals surface area contributed by atoms with Crippen LogP contribution in [0.15, 0.2) is 48.7 Å². The first-order valence-corrected chi connectivity index (χ1v) is 13.3. The lowest BCUT2D eigenvalue weighted by atomic mass is 10.1. The Labute approximate surface area is 246 Å². The van der Waals surface area contributed by atoms with Crippen LogP contribution < -0.4 is 5.32 Å². The minimum atomic E-state index is -0.916. The van der Waals surface area contributed by atoms with Crippen LogP contribution in [0.1, 0.15) is 18.4 Å². The maximum Gasteiger partial charge on any atom is 0.412 e. The van der Waals surface area contributed by atoms with Gasteiger partial charge in [0.1, 0.15) is 30.7 Å². The lowest BCUT2D eigenvalue weighted by molar-refractivity contribution is -0.149. The van der Waals surface area contributed by atoms with Gasteiger partial charge >= 0.3 is 12.1 Å². The van der Waals surface area contributed by atoms with E-state index in [-0.39, 0.29) is 43.3 Å². The maximum atomic E-state index is 13.8. The fourth-order valence-electron chi connectivity index (χ4n) is 3.95. The largest absolute Gasteiger partial charge is 0.457 e. The Morgan fingerprint density at radius 2 is 1.79 bits per heavy atom. The highest BCUT2D eigenvalue weighted by molar-refractivity contribution is 6.31. The van der Waals surface area contributed by atoms with E-state index < -0.39 is 48.0 Å². The molecule has 0 aliphatic carbocycles. The van der Waals surface area contributed by atoms with Crippen LogP contribution in [0.3, 0.4) is 0 Å². The second-order valence-corrected chi connectivity index (χ2v) is 10.2. The number of likely N-dealkylation sites (N-methyl/N-ethyl adjacent to an activating group) is 2. The number of ketones is 1. The molecule has 0 radical (unpaired) electrons. The molecule has 0 spiro atoms. The number of ether oxygens (including phenoxy) is 2. The molecule has 42 heavy (non-hydrogen) atoms. The van der Waals surface area contributed by atoms with Crippen LogP contribution in [0.5, 0.6) is 0 Å². The van der Waals surface area contributed by atoms with E-state index in [0.29, 0.717) is 16.3 Å². The molecule has 1 aromatic heterocycles. The monoisotopic (exact) mass is 604 g/mol. The predicted octanol–water partition coefficient (Wildman–Crippen LogP) is 4.24. The van der Waals surface area contributed by atoms with E-state index in [1.807, 2.05) is 0 Å². The Bertz CT molecular complexity index is 1450. The summed E-state index contributed by atoms with van der Waals surface area (Å²) in [6.45, 7) is -0.918. The van der Waals surface area contributed by atoms with Crippen molar-refractivity contribution in [2.45, 2.75) is 25.3 Å². The van der Waals surface area contributed by atoms with Crippen LogP contribution in [0.4, 0.5) is 19.4 Å². The molecular formula is C29H31ClF2N4O6. The predicted molar refractivity (Wildman–Crippen MR) is 152 cm³/mol. The van der Waals surface area contributed by atoms with E-state index in [4.69, 9.17) is 21.1 Å². The van der Waals surface area contributed by atoms with Crippen LogP contribution in [0.2, 0.25) is 5.02 Å². The van der Waals surface area contributed by atoms with Crippen LogP contribution in [-0.4, -0.2) is 85.5 Å². The van der Waals surface area contributed by atoms with Gasteiger partial charge < -0.3 is 14.4 Å². The molecule has 224 valence electrons. The minimum Gasteiger partial charge on any atom is -0.457 e. The van der Waals surface area contributed by atoms with Gasteiger partial charge in [-0.25, -0.2) is 18.6 Å². The molecule has 1 N–H and O–H groups in total. The van der Waals surface area contributed by atoms with Gasteiger partial charge in [0.2, 0.25) is 5.91 Å². The number of aromatic nitrogens is 1. The average molecular weight is 605 g/mol. The number of anilines is 1. The van der Waals surface area contributed by atoms with Crippen molar-refractivity contribution in [1.82, 2.24) is 14.8 Å². The second-order valence-electron chi connectivity index (χ2n) is 9.80. The van der Waals surface area contributed by atoms with E-state index in [9.17, 15) is 28.0 Å². The third-order valence-corrected chi connectivity index (χ3v) is 6.63. The number of carbonyl (C=O) groups excluding carboxylic acids is 4. The summed E-state index contributed by atoms with van der Waals surface area (Å²) < 4.78 is 37.7. The molecule has 0 aliphatic rings. The normalized spacial score (nSPS) is 11.7. The van der Waals surface area contributed by atoms with Gasteiger partial charge in [-0.15, -0.1) is 0 Å². The lowest BCUT2D eigenvalue weighted by Gasteiger charge is -2.27. The highest BCUT2D eigenvalue weighted by Crippen LogP contribution is 2.22. The van der Waals surface area contributed by atoms with Crippen LogP contribution in [-0.2, 0) is 30.3 Å². The molecule has 2 aromatic carbocycles. The first-order chi connectivity index (χ1) is 19.9. The number of nitrogens with zero attached hydrogens (tertiary/aromatic N) is 3. The third-order valence-electron chi connectivity index (χ3n) is 6.20. The SMILES string of the molecule is CN(C)CC(=O)OCC(=O)C[C@@H](COC(=O)Nc1cc2cc(F)ccc2cn1)N(C)C(=O)CCc1cccc(F)c1Cl. The number of esters is 1. The summed E-state index contributed by atoms with van der Waals surface area (Å²) in [5.74, 6) is -2.46. The Hall–Kier alpha value is -4.16. The number of amides is 2. The molecule has 0 aliphatic heterocycles. The summed E-state index contributed by atoms with van der Waals surface area (Å²) in [4.78, 5) is 56.9. The average Bonchev–Trinajstić information content (AvgIpc) is 2.93. The number of Topliss-reactive ketones (excluding diaryl/α,β-unsaturated/α-hetero) is 1. The number of pyridine rings is 1. The first-order valence-electron chi connectivity index (χ1n) is 12.9. The smallest absolute Gasteiger partial charge is 0.412 e. The minimum absolute atomic E-state index is 0.0174. The van der Waals surface area contributed by atoms with E-state index in [1.54, 1.807) is 31.1 Å². The zero-order valence-electron chi connectivity index (χ0n) is 23.4. The molecule has 0 saturated heterocycles. The number of fused-ring (bicyclic) bond motifs is 1. The zero-order valence-corrected chi connectivity index (χ0v) is 24.1. The zero-order chi connectivity index (χ0) is 30.8. The molecule has 3 rings (SSSR count). The fraction of sp³-hybridized carbons (Fsp3) is 0.345. The molecule has 1 heterocycles. The number of benzene rings is 2. The van der Waals surface area contributed by atoms with Gasteiger partial charge in [-0.1, -0.05) is 23.7 Å². The van der Waals surface area contributed by atoms with Gasteiger partial charge in [-0.2, -0.15) is 0 Å². The van der Waals surface area contributed by atoms with Crippen molar-refractivity contribution in [1.29, 1.82) is 0 Å². The van der Waals surface area contributed by atoms with Crippen LogP contribution in [0.25, 0.3) is 10.8 Å². The summed E-state index contributed by atoms with van der Waals surface area (Å²) in [7, 11) is 4.78. The fourth-order valence-corrected chi connectivity index (χ4v) is 4.17. The molecular weight excluding hydrogens is 574 g/mol. The summed E-state index contributed by atoms with van der Waals surface area (Å²) in [5.41, 5.74) is 0.442. The molecule has 0 unspecified atom stereocenters. The summed E-state index contributed by atoms with van der Waals surface area (Å²) in [6, 6.07) is 8.98.